The van der Waals surface area contributed by atoms with Crippen molar-refractivity contribution in [1.82, 2.24) is 4.31 Å². The van der Waals surface area contributed by atoms with Crippen molar-refractivity contribution in [2.75, 3.05) is 13.1 Å². The van der Waals surface area contributed by atoms with Gasteiger partial charge in [0.2, 0.25) is 10.0 Å². The number of nitrogens with zero attached hydrogens (tertiary/aromatic N) is 1. The highest BCUT2D eigenvalue weighted by Gasteiger charge is 2.27. The first-order valence-corrected chi connectivity index (χ1v) is 8.06. The Morgan fingerprint density at radius 3 is 2.37 bits per heavy atom. The molecule has 2 rings (SSSR count). The zero-order valence-corrected chi connectivity index (χ0v) is 11.6. The second-order valence-electron chi connectivity index (χ2n) is 4.86. The first-order valence-electron chi connectivity index (χ1n) is 6.45. The molecule has 1 aliphatic heterocycles. The maximum Gasteiger partial charge on any atom is 0.218 e. The number of benzene rings is 1. The van der Waals surface area contributed by atoms with E-state index in [0.29, 0.717) is 32.5 Å². The van der Waals surface area contributed by atoms with Crippen molar-refractivity contribution in [2.24, 2.45) is 5.73 Å². The Hall–Kier alpha value is -0.950. The van der Waals surface area contributed by atoms with Crippen LogP contribution in [-0.4, -0.2) is 37.0 Å². The molecule has 0 spiro atoms. The minimum Gasteiger partial charge on any atom is -0.393 e. The standard InChI is InChI=1S/C13H20N2O3S/c14-9-11-3-1-2-4-12(11)10-19(17,18)15-7-5-13(16)6-8-15/h1-4,13,16H,5-10,14H2. The molecule has 6 heteroatoms. The molecule has 1 aromatic rings. The monoisotopic (exact) mass is 284 g/mol. The number of rotatable bonds is 4. The Bertz CT molecular complexity index is 522. The summed E-state index contributed by atoms with van der Waals surface area (Å²) in [5.74, 6) is -0.0174. The molecule has 3 N–H and O–H groups in total. The number of sulfonamides is 1. The van der Waals surface area contributed by atoms with E-state index in [9.17, 15) is 13.5 Å². The van der Waals surface area contributed by atoms with Crippen LogP contribution in [0.1, 0.15) is 24.0 Å². The van der Waals surface area contributed by atoms with Crippen molar-refractivity contribution in [1.29, 1.82) is 0 Å². The van der Waals surface area contributed by atoms with Crippen LogP contribution in [0.3, 0.4) is 0 Å². The van der Waals surface area contributed by atoms with E-state index < -0.39 is 10.0 Å². The van der Waals surface area contributed by atoms with Gasteiger partial charge in [-0.3, -0.25) is 0 Å². The highest BCUT2D eigenvalue weighted by atomic mass is 32.2. The third kappa shape index (κ3) is 3.54. The normalized spacial score (nSPS) is 18.6. The minimum atomic E-state index is -3.33. The second-order valence-corrected chi connectivity index (χ2v) is 6.83. The van der Waals surface area contributed by atoms with Crippen molar-refractivity contribution in [3.8, 4) is 0 Å². The lowest BCUT2D eigenvalue weighted by Crippen LogP contribution is -2.40. The van der Waals surface area contributed by atoms with Crippen LogP contribution in [0, 0.1) is 0 Å². The van der Waals surface area contributed by atoms with Gasteiger partial charge in [0.05, 0.1) is 11.9 Å². The first-order chi connectivity index (χ1) is 9.03. The van der Waals surface area contributed by atoms with Crippen LogP contribution in [0.4, 0.5) is 0 Å². The van der Waals surface area contributed by atoms with Gasteiger partial charge in [0, 0.05) is 19.6 Å². The molecule has 1 heterocycles. The molecule has 1 saturated heterocycles. The van der Waals surface area contributed by atoms with Gasteiger partial charge in [-0.15, -0.1) is 0 Å². The minimum absolute atomic E-state index is 0.0174. The number of hydrogen-bond acceptors (Lipinski definition) is 4. The van der Waals surface area contributed by atoms with Gasteiger partial charge in [0.15, 0.2) is 0 Å². The van der Waals surface area contributed by atoms with Crippen molar-refractivity contribution in [3.05, 3.63) is 35.4 Å². The summed E-state index contributed by atoms with van der Waals surface area (Å²) in [5, 5.41) is 9.43. The predicted molar refractivity (Wildman–Crippen MR) is 73.8 cm³/mol. The van der Waals surface area contributed by atoms with E-state index in [4.69, 9.17) is 5.73 Å². The van der Waals surface area contributed by atoms with E-state index in [1.54, 1.807) is 6.07 Å². The molecule has 0 amide bonds. The van der Waals surface area contributed by atoms with Gasteiger partial charge in [-0.1, -0.05) is 24.3 Å². The van der Waals surface area contributed by atoms with Crippen molar-refractivity contribution >= 4 is 10.0 Å². The van der Waals surface area contributed by atoms with Gasteiger partial charge in [0.25, 0.3) is 0 Å². The van der Waals surface area contributed by atoms with E-state index in [-0.39, 0.29) is 11.9 Å². The maximum absolute atomic E-state index is 12.3. The van der Waals surface area contributed by atoms with Gasteiger partial charge in [-0.05, 0) is 24.0 Å². The number of piperidine rings is 1. The predicted octanol–water partition coefficient (Wildman–Crippen LogP) is 0.432. The number of aliphatic hydroxyl groups is 1. The summed E-state index contributed by atoms with van der Waals surface area (Å²) in [6, 6.07) is 7.34. The molecule has 0 aliphatic carbocycles. The molecule has 106 valence electrons. The Balaban J connectivity index is 2.13. The SMILES string of the molecule is NCc1ccccc1CS(=O)(=O)N1CCC(O)CC1. The summed E-state index contributed by atoms with van der Waals surface area (Å²) in [7, 11) is -3.33. The third-order valence-electron chi connectivity index (χ3n) is 3.49. The maximum atomic E-state index is 12.3. The van der Waals surface area contributed by atoms with Crippen LogP contribution in [0.15, 0.2) is 24.3 Å². The quantitative estimate of drug-likeness (QED) is 0.840. The van der Waals surface area contributed by atoms with Crippen LogP contribution in [-0.2, 0) is 22.3 Å². The molecule has 1 aromatic carbocycles. The summed E-state index contributed by atoms with van der Waals surface area (Å²) in [4.78, 5) is 0. The molecule has 0 radical (unpaired) electrons. The van der Waals surface area contributed by atoms with Crippen molar-refractivity contribution < 1.29 is 13.5 Å². The molecule has 0 bridgehead atoms. The van der Waals surface area contributed by atoms with Gasteiger partial charge in [0.1, 0.15) is 0 Å². The summed E-state index contributed by atoms with van der Waals surface area (Å²) >= 11 is 0. The molecular weight excluding hydrogens is 264 g/mol. The van der Waals surface area contributed by atoms with Gasteiger partial charge >= 0.3 is 0 Å². The topological polar surface area (TPSA) is 83.6 Å². The summed E-state index contributed by atoms with van der Waals surface area (Å²) in [5.41, 5.74) is 7.25. The summed E-state index contributed by atoms with van der Waals surface area (Å²) < 4.78 is 26.1. The molecule has 1 fully saturated rings. The highest BCUT2D eigenvalue weighted by molar-refractivity contribution is 7.88. The van der Waals surface area contributed by atoms with Crippen LogP contribution in [0.25, 0.3) is 0 Å². The molecule has 1 aliphatic rings. The Morgan fingerprint density at radius 2 is 1.79 bits per heavy atom. The fourth-order valence-electron chi connectivity index (χ4n) is 2.31. The Labute approximate surface area is 114 Å². The van der Waals surface area contributed by atoms with E-state index in [1.165, 1.54) is 4.31 Å². The van der Waals surface area contributed by atoms with E-state index in [2.05, 4.69) is 0 Å². The van der Waals surface area contributed by atoms with Crippen molar-refractivity contribution in [2.45, 2.75) is 31.2 Å². The average molecular weight is 284 g/mol. The summed E-state index contributed by atoms with van der Waals surface area (Å²) in [6.07, 6.45) is 0.651. The zero-order valence-electron chi connectivity index (χ0n) is 10.8. The largest absolute Gasteiger partial charge is 0.393 e. The number of nitrogens with two attached hydrogens (primary N) is 1. The van der Waals surface area contributed by atoms with Crippen molar-refractivity contribution in [3.63, 3.8) is 0 Å². The molecule has 0 unspecified atom stereocenters. The molecule has 5 nitrogen and oxygen atoms in total. The number of aliphatic hydroxyl groups excluding tert-OH is 1. The summed E-state index contributed by atoms with van der Waals surface area (Å²) in [6.45, 7) is 1.13. The fraction of sp³-hybridized carbons (Fsp3) is 0.538. The van der Waals surface area contributed by atoms with Crippen LogP contribution in [0.2, 0.25) is 0 Å². The average Bonchev–Trinajstić information content (AvgIpc) is 2.39. The molecular formula is C13H20N2O3S. The number of hydrogen-bond donors (Lipinski definition) is 2. The van der Waals surface area contributed by atoms with Gasteiger partial charge < -0.3 is 10.8 Å². The van der Waals surface area contributed by atoms with E-state index in [1.807, 2.05) is 18.2 Å². The molecule has 0 aromatic heterocycles. The first kappa shape index (κ1) is 14.5. The Morgan fingerprint density at radius 1 is 1.21 bits per heavy atom. The molecule has 0 atom stereocenters. The van der Waals surface area contributed by atoms with Gasteiger partial charge in [-0.2, -0.15) is 0 Å². The van der Waals surface area contributed by atoms with Gasteiger partial charge in [-0.25, -0.2) is 12.7 Å². The van der Waals surface area contributed by atoms with E-state index in [0.717, 1.165) is 11.1 Å². The second kappa shape index (κ2) is 6.00. The molecule has 19 heavy (non-hydrogen) atoms. The lowest BCUT2D eigenvalue weighted by Gasteiger charge is -2.29. The van der Waals surface area contributed by atoms with E-state index >= 15 is 0 Å². The lowest BCUT2D eigenvalue weighted by molar-refractivity contribution is 0.113. The fourth-order valence-corrected chi connectivity index (χ4v) is 3.93. The van der Waals surface area contributed by atoms with Crippen LogP contribution < -0.4 is 5.73 Å². The smallest absolute Gasteiger partial charge is 0.218 e. The molecule has 0 saturated carbocycles. The Kier molecular flexibility index (Phi) is 4.57. The highest BCUT2D eigenvalue weighted by Crippen LogP contribution is 2.19. The van der Waals surface area contributed by atoms with Crippen LogP contribution >= 0.6 is 0 Å². The third-order valence-corrected chi connectivity index (χ3v) is 5.32. The zero-order chi connectivity index (χ0) is 13.9. The lowest BCUT2D eigenvalue weighted by atomic mass is 10.1. The van der Waals surface area contributed by atoms with Crippen LogP contribution in [0.5, 0.6) is 0 Å².